The predicted octanol–water partition coefficient (Wildman–Crippen LogP) is 1.72. The maximum Gasteiger partial charge on any atom is 0.260 e. The number of amides is 1. The lowest BCUT2D eigenvalue weighted by Gasteiger charge is -2.26. The molecule has 0 saturated heterocycles. The molecule has 4 rings (SSSR count). The van der Waals surface area contributed by atoms with Crippen molar-refractivity contribution >= 4 is 17.3 Å². The number of aliphatic hydroxyl groups is 1. The van der Waals surface area contributed by atoms with Gasteiger partial charge in [-0.05, 0) is 24.1 Å². The Kier molecular flexibility index (Phi) is 2.96. The molecule has 2 heterocycles. The van der Waals surface area contributed by atoms with Crippen LogP contribution < -0.4 is 15.0 Å². The predicted molar refractivity (Wildman–Crippen MR) is 85.0 cm³/mol. The van der Waals surface area contributed by atoms with Crippen LogP contribution in [0, 0.1) is 0 Å². The van der Waals surface area contributed by atoms with Crippen LogP contribution in [0.5, 0.6) is 11.5 Å². The van der Waals surface area contributed by atoms with E-state index in [2.05, 4.69) is 5.32 Å². The van der Waals surface area contributed by atoms with Crippen molar-refractivity contribution < 1.29 is 19.7 Å². The lowest BCUT2D eigenvalue weighted by Crippen LogP contribution is -2.45. The molecule has 2 aliphatic rings. The van der Waals surface area contributed by atoms with E-state index in [1.54, 1.807) is 4.90 Å². The molecule has 2 aromatic carbocycles. The largest absolute Gasteiger partial charge is 0.504 e. The number of aliphatic hydroxyl groups excluding tert-OH is 1. The number of para-hydroxylation sites is 1. The highest BCUT2D eigenvalue weighted by Crippen LogP contribution is 2.40. The molecule has 1 amide bonds. The monoisotopic (exact) mass is 312 g/mol. The van der Waals surface area contributed by atoms with E-state index in [0.29, 0.717) is 17.7 Å². The van der Waals surface area contributed by atoms with Crippen molar-refractivity contribution in [1.29, 1.82) is 0 Å². The van der Waals surface area contributed by atoms with Gasteiger partial charge in [0.05, 0.1) is 24.4 Å². The van der Waals surface area contributed by atoms with Gasteiger partial charge >= 0.3 is 0 Å². The summed E-state index contributed by atoms with van der Waals surface area (Å²) < 4.78 is 5.10. The molecular formula is C17H16N2O4. The lowest BCUT2D eigenvalue weighted by molar-refractivity contribution is 0.0952. The molecule has 0 spiro atoms. The van der Waals surface area contributed by atoms with E-state index in [9.17, 15) is 15.0 Å². The van der Waals surface area contributed by atoms with Crippen LogP contribution in [-0.4, -0.2) is 35.5 Å². The first-order valence-corrected chi connectivity index (χ1v) is 7.37. The van der Waals surface area contributed by atoms with Gasteiger partial charge in [0.15, 0.2) is 11.5 Å². The number of nitrogens with zero attached hydrogens (tertiary/aromatic N) is 1. The van der Waals surface area contributed by atoms with E-state index < -0.39 is 6.23 Å². The molecule has 6 nitrogen and oxygen atoms in total. The first-order chi connectivity index (χ1) is 11.1. The van der Waals surface area contributed by atoms with Crippen LogP contribution in [0.15, 0.2) is 36.4 Å². The van der Waals surface area contributed by atoms with Crippen molar-refractivity contribution in [2.24, 2.45) is 0 Å². The third-order valence-electron chi connectivity index (χ3n) is 4.45. The van der Waals surface area contributed by atoms with Crippen molar-refractivity contribution in [2.45, 2.75) is 18.7 Å². The number of aromatic hydroxyl groups is 1. The first-order valence-electron chi connectivity index (χ1n) is 7.37. The van der Waals surface area contributed by atoms with Gasteiger partial charge in [-0.2, -0.15) is 0 Å². The van der Waals surface area contributed by atoms with Crippen LogP contribution in [-0.2, 0) is 6.42 Å². The highest BCUT2D eigenvalue weighted by molar-refractivity contribution is 6.12. The molecule has 0 fully saturated rings. The maximum absolute atomic E-state index is 13.0. The van der Waals surface area contributed by atoms with Gasteiger partial charge in [-0.3, -0.25) is 4.79 Å². The molecule has 0 radical (unpaired) electrons. The number of phenols is 1. The first kappa shape index (κ1) is 13.9. The van der Waals surface area contributed by atoms with Crippen LogP contribution >= 0.6 is 0 Å². The molecule has 6 heteroatoms. The molecule has 0 saturated carbocycles. The average Bonchev–Trinajstić information content (AvgIpc) is 2.90. The Morgan fingerprint density at radius 3 is 2.87 bits per heavy atom. The van der Waals surface area contributed by atoms with E-state index in [4.69, 9.17) is 4.74 Å². The molecule has 2 aliphatic heterocycles. The smallest absolute Gasteiger partial charge is 0.260 e. The number of benzene rings is 2. The summed E-state index contributed by atoms with van der Waals surface area (Å²) >= 11 is 0. The summed E-state index contributed by atoms with van der Waals surface area (Å²) in [5.41, 5.74) is 2.59. The van der Waals surface area contributed by atoms with Crippen LogP contribution in [0.25, 0.3) is 0 Å². The van der Waals surface area contributed by atoms with Gasteiger partial charge in [0.2, 0.25) is 0 Å². The lowest BCUT2D eigenvalue weighted by atomic mass is 10.1. The summed E-state index contributed by atoms with van der Waals surface area (Å²) in [7, 11) is 1.43. The minimum absolute atomic E-state index is 0.0822. The quantitative estimate of drug-likeness (QED) is 0.747. The molecule has 2 atom stereocenters. The zero-order valence-corrected chi connectivity index (χ0v) is 12.5. The Hall–Kier alpha value is -2.73. The van der Waals surface area contributed by atoms with Gasteiger partial charge in [0, 0.05) is 11.8 Å². The molecule has 118 valence electrons. The highest BCUT2D eigenvalue weighted by atomic mass is 16.5. The summed E-state index contributed by atoms with van der Waals surface area (Å²) in [6, 6.07) is 10.1. The van der Waals surface area contributed by atoms with Crippen molar-refractivity contribution in [3.63, 3.8) is 0 Å². The molecule has 0 bridgehead atoms. The fraction of sp³-hybridized carbons (Fsp3) is 0.235. The Morgan fingerprint density at radius 1 is 1.30 bits per heavy atom. The van der Waals surface area contributed by atoms with Crippen LogP contribution in [0.1, 0.15) is 15.9 Å². The maximum atomic E-state index is 13.0. The summed E-state index contributed by atoms with van der Waals surface area (Å²) in [4.78, 5) is 14.7. The van der Waals surface area contributed by atoms with Gasteiger partial charge < -0.3 is 25.2 Å². The Labute approximate surface area is 132 Å². The van der Waals surface area contributed by atoms with Gasteiger partial charge in [-0.15, -0.1) is 0 Å². The Bertz CT molecular complexity index is 805. The van der Waals surface area contributed by atoms with E-state index >= 15 is 0 Å². The number of anilines is 2. The number of carbonyl (C=O) groups is 1. The normalized spacial score (nSPS) is 21.8. The number of rotatable bonds is 1. The molecular weight excluding hydrogens is 296 g/mol. The number of nitrogens with one attached hydrogen (secondary N) is 1. The highest BCUT2D eigenvalue weighted by Gasteiger charge is 2.41. The second-order valence-corrected chi connectivity index (χ2v) is 5.73. The van der Waals surface area contributed by atoms with Crippen molar-refractivity contribution in [3.8, 4) is 11.5 Å². The van der Waals surface area contributed by atoms with Gasteiger partial charge in [-0.1, -0.05) is 18.2 Å². The minimum atomic E-state index is -0.930. The zero-order valence-electron chi connectivity index (χ0n) is 12.5. The standard InChI is InChI=1S/C17H16N2O4/c1-23-15-7-10-11(8-14(15)20)18-16(21)13-6-9-4-2-3-5-12(9)19(13)17(10)22/h2-5,7-8,13,16,18,20-21H,6H2,1H3/t13-,16?/m0/s1. The summed E-state index contributed by atoms with van der Waals surface area (Å²) in [6.45, 7) is 0. The van der Waals surface area contributed by atoms with E-state index in [-0.39, 0.29) is 23.4 Å². The molecule has 0 aromatic heterocycles. The second kappa shape index (κ2) is 4.89. The number of carbonyl (C=O) groups excluding carboxylic acids is 1. The fourth-order valence-electron chi connectivity index (χ4n) is 3.34. The molecule has 0 aliphatic carbocycles. The number of fused-ring (bicyclic) bond motifs is 4. The van der Waals surface area contributed by atoms with Gasteiger partial charge in [0.1, 0.15) is 6.23 Å². The van der Waals surface area contributed by atoms with E-state index in [1.807, 2.05) is 24.3 Å². The van der Waals surface area contributed by atoms with Gasteiger partial charge in [0.25, 0.3) is 5.91 Å². The topological polar surface area (TPSA) is 82.0 Å². The van der Waals surface area contributed by atoms with E-state index in [0.717, 1.165) is 11.3 Å². The number of ether oxygens (including phenoxy) is 1. The second-order valence-electron chi connectivity index (χ2n) is 5.73. The van der Waals surface area contributed by atoms with Gasteiger partial charge in [-0.25, -0.2) is 0 Å². The summed E-state index contributed by atoms with van der Waals surface area (Å²) in [6.07, 6.45) is -0.354. The summed E-state index contributed by atoms with van der Waals surface area (Å²) in [5, 5.41) is 23.3. The van der Waals surface area contributed by atoms with Crippen LogP contribution in [0.4, 0.5) is 11.4 Å². The molecule has 2 aromatic rings. The Balaban J connectivity index is 1.89. The van der Waals surface area contributed by atoms with Crippen molar-refractivity contribution in [1.82, 2.24) is 0 Å². The average molecular weight is 312 g/mol. The fourth-order valence-corrected chi connectivity index (χ4v) is 3.34. The number of methoxy groups -OCH3 is 1. The number of phenolic OH excluding ortho intramolecular Hbond substituents is 1. The summed E-state index contributed by atoms with van der Waals surface area (Å²) in [5.74, 6) is -0.0853. The van der Waals surface area contributed by atoms with Crippen molar-refractivity contribution in [3.05, 3.63) is 47.5 Å². The SMILES string of the molecule is COc1cc2c(cc1O)NC(O)[C@@H]1Cc3ccccc3N1C2=O. The van der Waals surface area contributed by atoms with Crippen molar-refractivity contribution in [2.75, 3.05) is 17.3 Å². The third kappa shape index (κ3) is 1.95. The zero-order chi connectivity index (χ0) is 16.1. The minimum Gasteiger partial charge on any atom is -0.504 e. The number of hydrogen-bond acceptors (Lipinski definition) is 5. The molecule has 23 heavy (non-hydrogen) atoms. The van der Waals surface area contributed by atoms with E-state index in [1.165, 1.54) is 19.2 Å². The molecule has 1 unspecified atom stereocenters. The van der Waals surface area contributed by atoms with Crippen LogP contribution in [0.3, 0.4) is 0 Å². The Morgan fingerprint density at radius 2 is 2.09 bits per heavy atom. The van der Waals surface area contributed by atoms with Crippen LogP contribution in [0.2, 0.25) is 0 Å². The molecule has 3 N–H and O–H groups in total. The third-order valence-corrected chi connectivity index (χ3v) is 4.45. The number of hydrogen-bond donors (Lipinski definition) is 3.